The van der Waals surface area contributed by atoms with Crippen LogP contribution in [0.4, 0.5) is 10.1 Å². The van der Waals surface area contributed by atoms with Crippen molar-refractivity contribution in [3.05, 3.63) is 87.1 Å². The number of hydrogen-bond donors (Lipinski definition) is 1. The summed E-state index contributed by atoms with van der Waals surface area (Å²) in [5.74, 6) is -1.15. The summed E-state index contributed by atoms with van der Waals surface area (Å²) in [5.41, 5.74) is 2.60. The van der Waals surface area contributed by atoms with E-state index in [4.69, 9.17) is 21.1 Å². The van der Waals surface area contributed by atoms with Crippen LogP contribution < -0.4 is 15.0 Å². The van der Waals surface area contributed by atoms with Crippen molar-refractivity contribution in [2.75, 3.05) is 38.3 Å². The van der Waals surface area contributed by atoms with E-state index in [1.165, 1.54) is 23.1 Å². The Balaban J connectivity index is 1.44. The molecular formula is C28H28BrClFN3O4. The lowest BCUT2D eigenvalue weighted by Gasteiger charge is -2.32. The fraction of sp³-hybridized carbons (Fsp3) is 0.286. The van der Waals surface area contributed by atoms with Crippen LogP contribution >= 0.6 is 27.5 Å². The van der Waals surface area contributed by atoms with Crippen molar-refractivity contribution in [3.8, 4) is 11.5 Å². The Morgan fingerprint density at radius 1 is 1.16 bits per heavy atom. The molecule has 2 amide bonds. The van der Waals surface area contributed by atoms with Crippen molar-refractivity contribution in [1.29, 1.82) is 0 Å². The zero-order valence-corrected chi connectivity index (χ0v) is 23.4. The molecule has 4 rings (SSSR count). The lowest BCUT2D eigenvalue weighted by atomic mass is 10.0. The number of carbonyl (C=O) groups excluding carboxylic acids is 2. The normalized spacial score (nSPS) is 14.1. The van der Waals surface area contributed by atoms with E-state index in [1.807, 2.05) is 37.3 Å². The first-order chi connectivity index (χ1) is 18.2. The van der Waals surface area contributed by atoms with Crippen molar-refractivity contribution >= 4 is 45.0 Å². The van der Waals surface area contributed by atoms with E-state index in [0.717, 1.165) is 28.8 Å². The molecule has 1 saturated heterocycles. The van der Waals surface area contributed by atoms with Gasteiger partial charge in [0.2, 0.25) is 0 Å². The highest BCUT2D eigenvalue weighted by atomic mass is 79.9. The van der Waals surface area contributed by atoms with Crippen LogP contribution in [0.5, 0.6) is 11.5 Å². The van der Waals surface area contributed by atoms with Gasteiger partial charge >= 0.3 is 11.8 Å². The third-order valence-electron chi connectivity index (χ3n) is 6.20. The zero-order chi connectivity index (χ0) is 27.2. The SMILES string of the molecule is CC(NC(=O)C(=O)N(C)Cc1ccc(Br)cc1Oc1ccc(F)c(Cl)c1)c1ccccc1N1CCOCC1. The van der Waals surface area contributed by atoms with Crippen LogP contribution in [-0.2, 0) is 20.9 Å². The van der Waals surface area contributed by atoms with Gasteiger partial charge in [0.1, 0.15) is 17.3 Å². The van der Waals surface area contributed by atoms with E-state index in [0.29, 0.717) is 30.3 Å². The third kappa shape index (κ3) is 6.83. The van der Waals surface area contributed by atoms with Gasteiger partial charge in [-0.1, -0.05) is 51.8 Å². The number of carbonyl (C=O) groups is 2. The minimum atomic E-state index is -0.707. The smallest absolute Gasteiger partial charge is 0.311 e. The van der Waals surface area contributed by atoms with E-state index in [-0.39, 0.29) is 17.6 Å². The average molecular weight is 605 g/mol. The molecule has 0 saturated carbocycles. The molecule has 1 atom stereocenters. The molecule has 1 N–H and O–H groups in total. The summed E-state index contributed by atoms with van der Waals surface area (Å²) in [5, 5.41) is 2.78. The number of nitrogens with zero attached hydrogens (tertiary/aromatic N) is 2. The topological polar surface area (TPSA) is 71.1 Å². The minimum Gasteiger partial charge on any atom is -0.457 e. The highest BCUT2D eigenvalue weighted by molar-refractivity contribution is 9.10. The first kappa shape index (κ1) is 27.9. The van der Waals surface area contributed by atoms with Crippen molar-refractivity contribution in [2.24, 2.45) is 0 Å². The number of halogens is 3. The van der Waals surface area contributed by atoms with Gasteiger partial charge in [-0.25, -0.2) is 4.39 Å². The Kier molecular flexibility index (Phi) is 9.25. The highest BCUT2D eigenvalue weighted by Crippen LogP contribution is 2.32. The average Bonchev–Trinajstić information content (AvgIpc) is 2.92. The Morgan fingerprint density at radius 3 is 2.63 bits per heavy atom. The fourth-order valence-corrected chi connectivity index (χ4v) is 4.71. The van der Waals surface area contributed by atoms with Gasteiger partial charge in [-0.3, -0.25) is 9.59 Å². The molecule has 3 aromatic carbocycles. The summed E-state index contributed by atoms with van der Waals surface area (Å²) in [6.07, 6.45) is 0. The van der Waals surface area contributed by atoms with E-state index in [2.05, 4.69) is 26.1 Å². The molecule has 0 radical (unpaired) electrons. The molecule has 0 aliphatic carbocycles. The second-order valence-corrected chi connectivity index (χ2v) is 10.3. The molecule has 1 unspecified atom stereocenters. The van der Waals surface area contributed by atoms with Gasteiger partial charge in [-0.05, 0) is 42.8 Å². The highest BCUT2D eigenvalue weighted by Gasteiger charge is 2.24. The van der Waals surface area contributed by atoms with Gasteiger partial charge in [-0.15, -0.1) is 0 Å². The standard InChI is InChI=1S/C28H28BrClFN3O4/c1-18(22-5-3-4-6-25(22)34-11-13-37-14-12-34)32-27(35)28(36)33(2)17-19-7-8-20(29)15-26(19)38-21-9-10-24(31)23(30)16-21/h3-10,15-16,18H,11-14,17H2,1-2H3,(H,32,35). The number of amides is 2. The Hall–Kier alpha value is -3.14. The number of ether oxygens (including phenoxy) is 2. The molecule has 38 heavy (non-hydrogen) atoms. The molecule has 0 spiro atoms. The first-order valence-electron chi connectivity index (χ1n) is 12.1. The quantitative estimate of drug-likeness (QED) is 0.350. The van der Waals surface area contributed by atoms with Gasteiger partial charge in [0, 0.05) is 48.5 Å². The second kappa shape index (κ2) is 12.6. The Bertz CT molecular complexity index is 1320. The van der Waals surface area contributed by atoms with Crippen LogP contribution in [0, 0.1) is 5.82 Å². The van der Waals surface area contributed by atoms with E-state index >= 15 is 0 Å². The third-order valence-corrected chi connectivity index (χ3v) is 6.98. The van der Waals surface area contributed by atoms with Crippen molar-refractivity contribution in [1.82, 2.24) is 10.2 Å². The molecule has 7 nitrogen and oxygen atoms in total. The number of hydrogen-bond acceptors (Lipinski definition) is 5. The molecule has 0 bridgehead atoms. The van der Waals surface area contributed by atoms with Crippen LogP contribution in [0.2, 0.25) is 5.02 Å². The van der Waals surface area contributed by atoms with Gasteiger partial charge in [0.05, 0.1) is 24.3 Å². The monoisotopic (exact) mass is 603 g/mol. The molecule has 1 aliphatic rings. The molecule has 10 heteroatoms. The maximum Gasteiger partial charge on any atom is 0.311 e. The summed E-state index contributed by atoms with van der Waals surface area (Å²) < 4.78 is 25.7. The largest absolute Gasteiger partial charge is 0.457 e. The van der Waals surface area contributed by atoms with Gasteiger partial charge in [-0.2, -0.15) is 0 Å². The van der Waals surface area contributed by atoms with Crippen LogP contribution in [-0.4, -0.2) is 50.1 Å². The van der Waals surface area contributed by atoms with E-state index < -0.39 is 17.6 Å². The van der Waals surface area contributed by atoms with Crippen molar-refractivity contribution in [2.45, 2.75) is 19.5 Å². The molecule has 1 aliphatic heterocycles. The number of morpholine rings is 1. The van der Waals surface area contributed by atoms with Gasteiger partial charge in [0.25, 0.3) is 0 Å². The van der Waals surface area contributed by atoms with Crippen LogP contribution in [0.1, 0.15) is 24.1 Å². The summed E-state index contributed by atoms with van der Waals surface area (Å²) >= 11 is 9.30. The molecule has 200 valence electrons. The summed E-state index contributed by atoms with van der Waals surface area (Å²) in [6.45, 7) is 4.80. The predicted octanol–water partition coefficient (Wildman–Crippen LogP) is 5.71. The number of benzene rings is 3. The van der Waals surface area contributed by atoms with Gasteiger partial charge < -0.3 is 24.6 Å². The Labute approximate surface area is 234 Å². The van der Waals surface area contributed by atoms with Crippen LogP contribution in [0.3, 0.4) is 0 Å². The number of likely N-dealkylation sites (N-methyl/N-ethyl adjacent to an activating group) is 1. The number of rotatable bonds is 7. The van der Waals surface area contributed by atoms with Crippen LogP contribution in [0.25, 0.3) is 0 Å². The lowest BCUT2D eigenvalue weighted by Crippen LogP contribution is -2.42. The van der Waals surface area contributed by atoms with Crippen molar-refractivity contribution < 1.29 is 23.5 Å². The Morgan fingerprint density at radius 2 is 1.89 bits per heavy atom. The van der Waals surface area contributed by atoms with Crippen molar-refractivity contribution in [3.63, 3.8) is 0 Å². The molecular weight excluding hydrogens is 577 g/mol. The maximum atomic E-state index is 13.5. The predicted molar refractivity (Wildman–Crippen MR) is 148 cm³/mol. The summed E-state index contributed by atoms with van der Waals surface area (Å²) in [4.78, 5) is 29.5. The molecule has 1 fully saturated rings. The summed E-state index contributed by atoms with van der Waals surface area (Å²) in [7, 11) is 1.55. The van der Waals surface area contributed by atoms with E-state index in [9.17, 15) is 14.0 Å². The molecule has 0 aromatic heterocycles. The molecule has 1 heterocycles. The first-order valence-corrected chi connectivity index (χ1v) is 13.3. The number of nitrogens with one attached hydrogen (secondary N) is 1. The summed E-state index contributed by atoms with van der Waals surface area (Å²) in [6, 6.07) is 16.8. The van der Waals surface area contributed by atoms with E-state index in [1.54, 1.807) is 19.2 Å². The molecule has 3 aromatic rings. The minimum absolute atomic E-state index is 0.0627. The second-order valence-electron chi connectivity index (χ2n) is 8.94. The fourth-order valence-electron chi connectivity index (χ4n) is 4.20. The van der Waals surface area contributed by atoms with Crippen LogP contribution in [0.15, 0.2) is 65.1 Å². The lowest BCUT2D eigenvalue weighted by molar-refractivity contribution is -0.145. The zero-order valence-electron chi connectivity index (χ0n) is 21.0. The maximum absolute atomic E-state index is 13.5. The number of para-hydroxylation sites is 1. The number of anilines is 1. The van der Waals surface area contributed by atoms with Gasteiger partial charge in [0.15, 0.2) is 0 Å².